The molecule has 0 bridgehead atoms. The van der Waals surface area contributed by atoms with Gasteiger partial charge in [0.25, 0.3) is 0 Å². The topological polar surface area (TPSA) is 26.3 Å². The third-order valence-corrected chi connectivity index (χ3v) is 1.88. The zero-order valence-electron chi connectivity index (χ0n) is 7.63. The molecule has 0 radical (unpaired) electrons. The molecule has 0 heterocycles. The largest absolute Gasteiger partial charge is 0.426 e. The van der Waals surface area contributed by atoms with Gasteiger partial charge in [0.05, 0.1) is 0 Å². The van der Waals surface area contributed by atoms with Crippen LogP contribution in [0.1, 0.15) is 18.9 Å². The lowest BCUT2D eigenvalue weighted by atomic mass is 10.2. The molecule has 0 aliphatic heterocycles. The van der Waals surface area contributed by atoms with Crippen LogP contribution in [0.5, 0.6) is 5.75 Å². The second kappa shape index (κ2) is 4.28. The van der Waals surface area contributed by atoms with E-state index >= 15 is 0 Å². The summed E-state index contributed by atoms with van der Waals surface area (Å²) in [5.41, 5.74) is 0.870. The van der Waals surface area contributed by atoms with Crippen LogP contribution >= 0.6 is 11.6 Å². The van der Waals surface area contributed by atoms with Crippen LogP contribution in [0.4, 0.5) is 0 Å². The predicted octanol–water partition coefficient (Wildman–Crippen LogP) is 2.96. The lowest BCUT2D eigenvalue weighted by Gasteiger charge is -2.05. The average Bonchev–Trinajstić information content (AvgIpc) is 2.09. The van der Waals surface area contributed by atoms with Gasteiger partial charge in [0.15, 0.2) is 0 Å². The Morgan fingerprint density at radius 1 is 1.54 bits per heavy atom. The summed E-state index contributed by atoms with van der Waals surface area (Å²) in [5, 5.41) is 0.647. The van der Waals surface area contributed by atoms with Crippen LogP contribution in [0.15, 0.2) is 18.2 Å². The highest BCUT2D eigenvalue weighted by molar-refractivity contribution is 6.30. The smallest absolute Gasteiger partial charge is 0.310 e. The summed E-state index contributed by atoms with van der Waals surface area (Å²) in [6, 6.07) is 5.16. The molecule has 1 rings (SSSR count). The molecule has 0 aliphatic rings. The molecule has 0 unspecified atom stereocenters. The highest BCUT2D eigenvalue weighted by atomic mass is 35.5. The Kier molecular flexibility index (Phi) is 3.32. The van der Waals surface area contributed by atoms with Gasteiger partial charge in [-0.2, -0.15) is 0 Å². The van der Waals surface area contributed by atoms with Crippen molar-refractivity contribution in [2.45, 2.75) is 20.3 Å². The van der Waals surface area contributed by atoms with Crippen molar-refractivity contribution in [2.75, 3.05) is 0 Å². The van der Waals surface area contributed by atoms with Crippen molar-refractivity contribution in [1.29, 1.82) is 0 Å². The number of halogens is 1. The van der Waals surface area contributed by atoms with Gasteiger partial charge in [0.2, 0.25) is 0 Å². The van der Waals surface area contributed by atoms with Crippen molar-refractivity contribution in [2.24, 2.45) is 0 Å². The summed E-state index contributed by atoms with van der Waals surface area (Å²) in [4.78, 5) is 11.0. The first kappa shape index (κ1) is 10.1. The fourth-order valence-corrected chi connectivity index (χ4v) is 1.15. The van der Waals surface area contributed by atoms with Gasteiger partial charge in [0.1, 0.15) is 5.75 Å². The highest BCUT2D eigenvalue weighted by Gasteiger charge is 2.04. The van der Waals surface area contributed by atoms with Crippen molar-refractivity contribution in [3.8, 4) is 5.75 Å². The highest BCUT2D eigenvalue weighted by Crippen LogP contribution is 2.21. The van der Waals surface area contributed by atoms with Gasteiger partial charge in [-0.1, -0.05) is 18.5 Å². The Bertz CT molecular complexity index is 321. The van der Waals surface area contributed by atoms with Gasteiger partial charge in [-0.15, -0.1) is 0 Å². The molecule has 0 saturated carbocycles. The Labute approximate surface area is 82.5 Å². The first-order valence-electron chi connectivity index (χ1n) is 4.10. The van der Waals surface area contributed by atoms with Gasteiger partial charge in [0, 0.05) is 11.4 Å². The maximum absolute atomic E-state index is 11.0. The van der Waals surface area contributed by atoms with Crippen molar-refractivity contribution >= 4 is 17.6 Å². The predicted molar refractivity (Wildman–Crippen MR) is 52.1 cm³/mol. The number of carbonyl (C=O) groups excluding carboxylic acids is 1. The summed E-state index contributed by atoms with van der Waals surface area (Å²) >= 11 is 5.75. The molecular formula is C10H11ClO2. The Balaban J connectivity index is 2.83. The van der Waals surface area contributed by atoms with Crippen LogP contribution in [0, 0.1) is 6.92 Å². The molecule has 0 atom stereocenters. The minimum Gasteiger partial charge on any atom is -0.426 e. The van der Waals surface area contributed by atoms with E-state index in [2.05, 4.69) is 0 Å². The summed E-state index contributed by atoms with van der Waals surface area (Å²) in [6.07, 6.45) is 0.377. The molecule has 0 aliphatic carbocycles. The van der Waals surface area contributed by atoms with Crippen molar-refractivity contribution < 1.29 is 9.53 Å². The molecule has 0 fully saturated rings. The number of carbonyl (C=O) groups is 1. The van der Waals surface area contributed by atoms with E-state index in [9.17, 15) is 4.79 Å². The van der Waals surface area contributed by atoms with E-state index in [1.807, 2.05) is 6.92 Å². The Morgan fingerprint density at radius 3 is 2.77 bits per heavy atom. The van der Waals surface area contributed by atoms with Gasteiger partial charge in [-0.25, -0.2) is 0 Å². The lowest BCUT2D eigenvalue weighted by molar-refractivity contribution is -0.134. The molecule has 3 heteroatoms. The summed E-state index contributed by atoms with van der Waals surface area (Å²) in [7, 11) is 0. The van der Waals surface area contributed by atoms with E-state index in [-0.39, 0.29) is 5.97 Å². The van der Waals surface area contributed by atoms with Crippen molar-refractivity contribution in [1.82, 2.24) is 0 Å². The van der Waals surface area contributed by atoms with E-state index in [0.717, 1.165) is 5.56 Å². The molecule has 0 spiro atoms. The summed E-state index contributed by atoms with van der Waals surface area (Å²) < 4.78 is 5.05. The van der Waals surface area contributed by atoms with Gasteiger partial charge < -0.3 is 4.74 Å². The molecule has 70 valence electrons. The minimum atomic E-state index is -0.231. The second-order valence-corrected chi connectivity index (χ2v) is 3.17. The fraction of sp³-hybridized carbons (Fsp3) is 0.300. The van der Waals surface area contributed by atoms with Crippen LogP contribution in [0.25, 0.3) is 0 Å². The van der Waals surface area contributed by atoms with Gasteiger partial charge >= 0.3 is 5.97 Å². The molecular weight excluding hydrogens is 188 g/mol. The molecule has 1 aromatic rings. The van der Waals surface area contributed by atoms with E-state index in [1.165, 1.54) is 0 Å². The van der Waals surface area contributed by atoms with Gasteiger partial charge in [-0.3, -0.25) is 4.79 Å². The average molecular weight is 199 g/mol. The Hall–Kier alpha value is -1.02. The summed E-state index contributed by atoms with van der Waals surface area (Å²) in [6.45, 7) is 3.61. The lowest BCUT2D eigenvalue weighted by Crippen LogP contribution is -2.06. The number of hydrogen-bond acceptors (Lipinski definition) is 2. The maximum atomic E-state index is 11.0. The van der Waals surface area contributed by atoms with Crippen LogP contribution in [-0.4, -0.2) is 5.97 Å². The first-order chi connectivity index (χ1) is 6.13. The minimum absolute atomic E-state index is 0.231. The number of hydrogen-bond donors (Lipinski definition) is 0. The Morgan fingerprint density at radius 2 is 2.23 bits per heavy atom. The number of rotatable bonds is 2. The third-order valence-electron chi connectivity index (χ3n) is 1.65. The number of esters is 1. The van der Waals surface area contributed by atoms with E-state index in [0.29, 0.717) is 17.2 Å². The molecule has 0 aromatic heterocycles. The SMILES string of the molecule is CCC(=O)Oc1ccc(Cl)cc1C. The van der Waals surface area contributed by atoms with Crippen LogP contribution in [0.3, 0.4) is 0 Å². The van der Waals surface area contributed by atoms with Crippen molar-refractivity contribution in [3.05, 3.63) is 28.8 Å². The second-order valence-electron chi connectivity index (χ2n) is 2.74. The molecule has 0 N–H and O–H groups in total. The normalized spacial score (nSPS) is 9.77. The first-order valence-corrected chi connectivity index (χ1v) is 4.48. The van der Waals surface area contributed by atoms with E-state index in [1.54, 1.807) is 25.1 Å². The number of ether oxygens (including phenoxy) is 1. The molecule has 0 saturated heterocycles. The summed E-state index contributed by atoms with van der Waals surface area (Å²) in [5.74, 6) is 0.349. The monoisotopic (exact) mass is 198 g/mol. The van der Waals surface area contributed by atoms with E-state index < -0.39 is 0 Å². The van der Waals surface area contributed by atoms with Crippen molar-refractivity contribution in [3.63, 3.8) is 0 Å². The van der Waals surface area contributed by atoms with Crippen LogP contribution < -0.4 is 4.74 Å². The number of aryl methyl sites for hydroxylation is 1. The van der Waals surface area contributed by atoms with Crippen LogP contribution in [0.2, 0.25) is 5.02 Å². The third kappa shape index (κ3) is 2.74. The van der Waals surface area contributed by atoms with Gasteiger partial charge in [-0.05, 0) is 30.7 Å². The molecule has 1 aromatic carbocycles. The molecule has 13 heavy (non-hydrogen) atoms. The van der Waals surface area contributed by atoms with E-state index in [4.69, 9.17) is 16.3 Å². The zero-order valence-corrected chi connectivity index (χ0v) is 8.39. The standard InChI is InChI=1S/C10H11ClO2/c1-3-10(12)13-9-5-4-8(11)6-7(9)2/h4-6H,3H2,1-2H3. The fourth-order valence-electron chi connectivity index (χ4n) is 0.922. The maximum Gasteiger partial charge on any atom is 0.310 e. The molecule has 0 amide bonds. The van der Waals surface area contributed by atoms with Crippen LogP contribution in [-0.2, 0) is 4.79 Å². The number of benzene rings is 1. The quantitative estimate of drug-likeness (QED) is 0.540. The zero-order chi connectivity index (χ0) is 9.84. The molecule has 2 nitrogen and oxygen atoms in total.